The van der Waals surface area contributed by atoms with Crippen molar-refractivity contribution in [2.75, 3.05) is 0 Å². The van der Waals surface area contributed by atoms with Crippen LogP contribution < -0.4 is 5.32 Å². The Balaban J connectivity index is 2.01. The van der Waals surface area contributed by atoms with E-state index in [0.29, 0.717) is 6.04 Å². The molecule has 0 aliphatic heterocycles. The lowest BCUT2D eigenvalue weighted by Crippen LogP contribution is -2.34. The van der Waals surface area contributed by atoms with Crippen molar-refractivity contribution in [1.82, 2.24) is 14.9 Å². The number of aromatic nitrogens is 2. The van der Waals surface area contributed by atoms with Crippen molar-refractivity contribution < 1.29 is 9.53 Å². The fourth-order valence-corrected chi connectivity index (χ4v) is 2.34. The molecule has 2 rings (SSSR count). The summed E-state index contributed by atoms with van der Waals surface area (Å²) in [5.41, 5.74) is 0.518. The fraction of sp³-hybridized carbons (Fsp3) is 0.600. The van der Waals surface area contributed by atoms with E-state index in [9.17, 15) is 4.79 Å². The fourth-order valence-electron chi connectivity index (χ4n) is 2.34. The molecule has 0 fully saturated rings. The summed E-state index contributed by atoms with van der Waals surface area (Å²) in [5.74, 6) is 0. The zero-order chi connectivity index (χ0) is 14.8. The molecule has 5 nitrogen and oxygen atoms in total. The van der Waals surface area contributed by atoms with Gasteiger partial charge in [-0.15, -0.1) is 0 Å². The molecule has 1 aromatic heterocycles. The Morgan fingerprint density at radius 2 is 2.10 bits per heavy atom. The number of allylic oxidation sites excluding steroid dienone is 2. The minimum absolute atomic E-state index is 0.132. The summed E-state index contributed by atoms with van der Waals surface area (Å²) >= 11 is 0. The Hall–Kier alpha value is -1.78. The number of ether oxygens (including phenoxy) is 1. The molecule has 1 aliphatic rings. The average Bonchev–Trinajstić information content (AvgIpc) is 2.97. The first-order chi connectivity index (χ1) is 9.37. The Morgan fingerprint density at radius 1 is 1.45 bits per heavy atom. The van der Waals surface area contributed by atoms with Crippen LogP contribution in [0.3, 0.4) is 0 Å². The number of imidazole rings is 1. The van der Waals surface area contributed by atoms with Gasteiger partial charge in [0.1, 0.15) is 5.60 Å². The number of carbonyl (C=O) groups is 1. The minimum atomic E-state index is -0.487. The maximum Gasteiger partial charge on any atom is 0.408 e. The number of rotatable bonds is 3. The smallest absolute Gasteiger partial charge is 0.408 e. The molecule has 1 amide bonds. The number of alkyl carbamates (subject to hydrolysis) is 1. The molecule has 1 aromatic rings. The van der Waals surface area contributed by atoms with Crippen LogP contribution in [-0.2, 0) is 4.74 Å². The highest BCUT2D eigenvalue weighted by atomic mass is 16.6. The molecule has 1 N–H and O–H groups in total. The van der Waals surface area contributed by atoms with E-state index >= 15 is 0 Å². The van der Waals surface area contributed by atoms with Crippen LogP contribution in [-0.4, -0.2) is 21.2 Å². The molecule has 1 heterocycles. The third kappa shape index (κ3) is 3.62. The van der Waals surface area contributed by atoms with E-state index < -0.39 is 11.7 Å². The highest BCUT2D eigenvalue weighted by Crippen LogP contribution is 2.27. The summed E-state index contributed by atoms with van der Waals surface area (Å²) in [6.45, 7) is 7.50. The summed E-state index contributed by atoms with van der Waals surface area (Å²) in [6, 6.07) is 0.281. The van der Waals surface area contributed by atoms with Crippen LogP contribution in [0.25, 0.3) is 0 Å². The van der Waals surface area contributed by atoms with Gasteiger partial charge in [0.25, 0.3) is 0 Å². The van der Waals surface area contributed by atoms with Gasteiger partial charge in [-0.05, 0) is 40.5 Å². The lowest BCUT2D eigenvalue weighted by Gasteiger charge is -2.23. The molecule has 0 spiro atoms. The van der Waals surface area contributed by atoms with Gasteiger partial charge in [-0.25, -0.2) is 9.78 Å². The number of nitrogens with one attached hydrogen (secondary N) is 1. The van der Waals surface area contributed by atoms with E-state index in [1.807, 2.05) is 34.0 Å². The van der Waals surface area contributed by atoms with Crippen molar-refractivity contribution in [2.24, 2.45) is 0 Å². The standard InChI is InChI=1S/C15H23N3O2/c1-11(17-14(19)20-15(2,3)4)13-9-16-10-18(13)12-7-5-6-8-12/h5-6,9-12H,7-8H2,1-4H3,(H,17,19). The predicted molar refractivity (Wildman–Crippen MR) is 77.4 cm³/mol. The van der Waals surface area contributed by atoms with E-state index in [4.69, 9.17) is 4.74 Å². The third-order valence-corrected chi connectivity index (χ3v) is 3.25. The minimum Gasteiger partial charge on any atom is -0.444 e. The maximum absolute atomic E-state index is 11.8. The van der Waals surface area contributed by atoms with Crippen molar-refractivity contribution in [3.8, 4) is 0 Å². The molecule has 0 aromatic carbocycles. The van der Waals surface area contributed by atoms with Crippen LogP contribution in [0.1, 0.15) is 58.3 Å². The van der Waals surface area contributed by atoms with E-state index in [-0.39, 0.29) is 6.04 Å². The first-order valence-electron chi connectivity index (χ1n) is 7.03. The third-order valence-electron chi connectivity index (χ3n) is 3.25. The largest absolute Gasteiger partial charge is 0.444 e. The Morgan fingerprint density at radius 3 is 2.70 bits per heavy atom. The van der Waals surface area contributed by atoms with Crippen LogP contribution in [0.5, 0.6) is 0 Å². The number of nitrogens with zero attached hydrogens (tertiary/aromatic N) is 2. The van der Waals surface area contributed by atoms with Crippen LogP contribution in [0.15, 0.2) is 24.7 Å². The normalized spacial score (nSPS) is 17.2. The Kier molecular flexibility index (Phi) is 4.16. The van der Waals surface area contributed by atoms with Crippen LogP contribution in [0, 0.1) is 0 Å². The Labute approximate surface area is 120 Å². The number of hydrogen-bond acceptors (Lipinski definition) is 3. The van der Waals surface area contributed by atoms with E-state index in [1.54, 1.807) is 6.20 Å². The van der Waals surface area contributed by atoms with E-state index in [2.05, 4.69) is 27.0 Å². The van der Waals surface area contributed by atoms with Crippen molar-refractivity contribution in [2.45, 2.75) is 58.2 Å². The number of amides is 1. The molecule has 20 heavy (non-hydrogen) atoms. The first kappa shape index (κ1) is 14.6. The second-order valence-electron chi connectivity index (χ2n) is 6.19. The van der Waals surface area contributed by atoms with Gasteiger partial charge in [0.05, 0.1) is 24.3 Å². The van der Waals surface area contributed by atoms with Gasteiger partial charge in [-0.2, -0.15) is 0 Å². The lowest BCUT2D eigenvalue weighted by atomic mass is 10.2. The van der Waals surface area contributed by atoms with Gasteiger partial charge >= 0.3 is 6.09 Å². The summed E-state index contributed by atoms with van der Waals surface area (Å²) in [6.07, 6.45) is 9.63. The predicted octanol–water partition coefficient (Wildman–Crippen LogP) is 3.36. The van der Waals surface area contributed by atoms with Crippen molar-refractivity contribution in [3.63, 3.8) is 0 Å². The molecular weight excluding hydrogens is 254 g/mol. The first-order valence-corrected chi connectivity index (χ1v) is 7.03. The molecule has 1 unspecified atom stereocenters. The van der Waals surface area contributed by atoms with Gasteiger partial charge in [0.15, 0.2) is 0 Å². The maximum atomic E-state index is 11.8. The zero-order valence-corrected chi connectivity index (χ0v) is 12.6. The molecule has 0 bridgehead atoms. The summed E-state index contributed by atoms with van der Waals surface area (Å²) < 4.78 is 7.42. The highest BCUT2D eigenvalue weighted by molar-refractivity contribution is 5.68. The number of carbonyl (C=O) groups excluding carboxylic acids is 1. The van der Waals surface area contributed by atoms with Crippen molar-refractivity contribution in [1.29, 1.82) is 0 Å². The summed E-state index contributed by atoms with van der Waals surface area (Å²) in [7, 11) is 0. The van der Waals surface area contributed by atoms with Crippen molar-refractivity contribution in [3.05, 3.63) is 30.4 Å². The van der Waals surface area contributed by atoms with Gasteiger partial charge in [0.2, 0.25) is 0 Å². The molecule has 0 radical (unpaired) electrons. The van der Waals surface area contributed by atoms with E-state index in [1.165, 1.54) is 0 Å². The van der Waals surface area contributed by atoms with Gasteiger partial charge in [0, 0.05) is 6.04 Å². The molecule has 110 valence electrons. The van der Waals surface area contributed by atoms with Crippen LogP contribution >= 0.6 is 0 Å². The quantitative estimate of drug-likeness (QED) is 0.862. The van der Waals surface area contributed by atoms with Gasteiger partial charge in [-0.1, -0.05) is 12.2 Å². The van der Waals surface area contributed by atoms with E-state index in [0.717, 1.165) is 18.5 Å². The van der Waals surface area contributed by atoms with Gasteiger partial charge < -0.3 is 14.6 Å². The molecular formula is C15H23N3O2. The highest BCUT2D eigenvalue weighted by Gasteiger charge is 2.22. The summed E-state index contributed by atoms with van der Waals surface area (Å²) in [5, 5.41) is 2.86. The van der Waals surface area contributed by atoms with Gasteiger partial charge in [-0.3, -0.25) is 0 Å². The average molecular weight is 277 g/mol. The zero-order valence-electron chi connectivity index (χ0n) is 12.6. The summed E-state index contributed by atoms with van der Waals surface area (Å²) in [4.78, 5) is 16.0. The molecule has 1 aliphatic carbocycles. The molecule has 5 heteroatoms. The molecule has 0 saturated carbocycles. The monoisotopic (exact) mass is 277 g/mol. The number of hydrogen-bond donors (Lipinski definition) is 1. The molecule has 0 saturated heterocycles. The molecule has 1 atom stereocenters. The van der Waals surface area contributed by atoms with Crippen LogP contribution in [0.4, 0.5) is 4.79 Å². The van der Waals surface area contributed by atoms with Crippen LogP contribution in [0.2, 0.25) is 0 Å². The Bertz CT molecular complexity index is 491. The second kappa shape index (κ2) is 5.69. The lowest BCUT2D eigenvalue weighted by molar-refractivity contribution is 0.0506. The topological polar surface area (TPSA) is 56.1 Å². The van der Waals surface area contributed by atoms with Crippen molar-refractivity contribution >= 4 is 6.09 Å². The SMILES string of the molecule is CC(NC(=O)OC(C)(C)C)c1cncn1C1CC=CC1. The second-order valence-corrected chi connectivity index (χ2v) is 6.19.